The molecule has 0 aliphatic carbocycles. The van der Waals surface area contributed by atoms with Crippen molar-refractivity contribution in [1.29, 1.82) is 0 Å². The minimum absolute atomic E-state index is 0.230. The van der Waals surface area contributed by atoms with Crippen molar-refractivity contribution in [1.82, 2.24) is 4.98 Å². The number of rotatable bonds is 4. The molecule has 5 heteroatoms. The predicted octanol–water partition coefficient (Wildman–Crippen LogP) is 3.53. The number of nitrogens with one attached hydrogen (secondary N) is 2. The Balaban J connectivity index is 2.16. The van der Waals surface area contributed by atoms with Gasteiger partial charge in [-0.2, -0.15) is 0 Å². The van der Waals surface area contributed by atoms with E-state index in [0.717, 1.165) is 22.4 Å². The molecule has 0 fully saturated rings. The molecule has 2 rings (SSSR count). The van der Waals surface area contributed by atoms with E-state index in [0.29, 0.717) is 5.69 Å². The van der Waals surface area contributed by atoms with Crippen molar-refractivity contribution in [2.75, 3.05) is 17.2 Å². The largest absolute Gasteiger partial charge is 0.385 e. The number of halogens is 1. The molecule has 0 aliphatic heterocycles. The topological polar surface area (TPSA) is 54.0 Å². The van der Waals surface area contributed by atoms with Crippen molar-refractivity contribution >= 4 is 33.2 Å². The fourth-order valence-electron chi connectivity index (χ4n) is 1.62. The molecule has 0 aliphatic rings. The van der Waals surface area contributed by atoms with Crippen molar-refractivity contribution in [3.8, 4) is 0 Å². The standard InChI is InChI=1S/C14H14BrN3O/c1-2-16-10-7-8-17-13(9-10)14(19)18-12-6-4-3-5-11(12)15/h3-9H,2H2,1H3,(H,16,17)(H,18,19). The fraction of sp³-hybridized carbons (Fsp3) is 0.143. The maximum absolute atomic E-state index is 12.1. The van der Waals surface area contributed by atoms with Crippen LogP contribution in [-0.4, -0.2) is 17.4 Å². The summed E-state index contributed by atoms with van der Waals surface area (Å²) >= 11 is 3.39. The molecule has 2 aromatic rings. The van der Waals surface area contributed by atoms with Gasteiger partial charge >= 0.3 is 0 Å². The first-order valence-corrected chi connectivity index (χ1v) is 6.76. The minimum atomic E-state index is -0.230. The van der Waals surface area contributed by atoms with Crippen LogP contribution < -0.4 is 10.6 Å². The van der Waals surface area contributed by atoms with Crippen LogP contribution in [-0.2, 0) is 0 Å². The van der Waals surface area contributed by atoms with Gasteiger partial charge in [-0.15, -0.1) is 0 Å². The van der Waals surface area contributed by atoms with Gasteiger partial charge in [0.05, 0.1) is 5.69 Å². The first-order chi connectivity index (χ1) is 9.20. The lowest BCUT2D eigenvalue weighted by molar-refractivity contribution is 0.102. The zero-order valence-corrected chi connectivity index (χ0v) is 12.1. The van der Waals surface area contributed by atoms with Crippen LogP contribution in [0.25, 0.3) is 0 Å². The number of pyridine rings is 1. The molecule has 0 saturated heterocycles. The molecule has 0 atom stereocenters. The van der Waals surface area contributed by atoms with Gasteiger partial charge in [0.25, 0.3) is 5.91 Å². The zero-order valence-electron chi connectivity index (χ0n) is 10.5. The summed E-state index contributed by atoms with van der Waals surface area (Å²) < 4.78 is 0.839. The lowest BCUT2D eigenvalue weighted by Gasteiger charge is -2.08. The maximum Gasteiger partial charge on any atom is 0.274 e. The van der Waals surface area contributed by atoms with Gasteiger partial charge in [0.1, 0.15) is 5.69 Å². The van der Waals surface area contributed by atoms with Crippen LogP contribution in [0, 0.1) is 0 Å². The Morgan fingerprint density at radius 2 is 2.11 bits per heavy atom. The van der Waals surface area contributed by atoms with Crippen molar-refractivity contribution in [2.24, 2.45) is 0 Å². The summed E-state index contributed by atoms with van der Waals surface area (Å²) in [6, 6.07) is 11.0. The first kappa shape index (κ1) is 13.5. The maximum atomic E-state index is 12.1. The smallest absolute Gasteiger partial charge is 0.274 e. The van der Waals surface area contributed by atoms with Crippen LogP contribution >= 0.6 is 15.9 Å². The normalized spacial score (nSPS) is 10.0. The molecule has 0 spiro atoms. The Bertz CT molecular complexity index is 586. The second kappa shape index (κ2) is 6.33. The molecular weight excluding hydrogens is 306 g/mol. The second-order valence-corrected chi connectivity index (χ2v) is 4.75. The van der Waals surface area contributed by atoms with Gasteiger partial charge < -0.3 is 10.6 Å². The van der Waals surface area contributed by atoms with Crippen molar-refractivity contribution < 1.29 is 4.79 Å². The molecular formula is C14H14BrN3O. The molecule has 4 nitrogen and oxygen atoms in total. The van der Waals surface area contributed by atoms with Crippen LogP contribution in [0.1, 0.15) is 17.4 Å². The SMILES string of the molecule is CCNc1ccnc(C(=O)Nc2ccccc2Br)c1. The number of anilines is 2. The summed E-state index contributed by atoms with van der Waals surface area (Å²) in [4.78, 5) is 16.2. The lowest BCUT2D eigenvalue weighted by Crippen LogP contribution is -2.14. The Kier molecular flexibility index (Phi) is 4.52. The van der Waals surface area contributed by atoms with E-state index in [-0.39, 0.29) is 5.91 Å². The number of hydrogen-bond acceptors (Lipinski definition) is 3. The number of carbonyl (C=O) groups excluding carboxylic acids is 1. The number of benzene rings is 1. The molecule has 1 amide bonds. The summed E-state index contributed by atoms with van der Waals surface area (Å²) in [5, 5.41) is 5.97. The number of aromatic nitrogens is 1. The Hall–Kier alpha value is -1.88. The molecule has 1 aromatic carbocycles. The Labute approximate surface area is 120 Å². The van der Waals surface area contributed by atoms with Gasteiger partial charge in [-0.3, -0.25) is 9.78 Å². The number of nitrogens with zero attached hydrogens (tertiary/aromatic N) is 1. The van der Waals surface area contributed by atoms with E-state index in [2.05, 4.69) is 31.5 Å². The van der Waals surface area contributed by atoms with Crippen LogP contribution in [0.4, 0.5) is 11.4 Å². The highest BCUT2D eigenvalue weighted by atomic mass is 79.9. The summed E-state index contributed by atoms with van der Waals surface area (Å²) in [5.41, 5.74) is 1.99. The molecule has 1 heterocycles. The summed E-state index contributed by atoms with van der Waals surface area (Å²) in [5.74, 6) is -0.230. The van der Waals surface area contributed by atoms with Crippen LogP contribution in [0.5, 0.6) is 0 Å². The third-order valence-corrected chi connectivity index (χ3v) is 3.19. The van der Waals surface area contributed by atoms with Gasteiger partial charge in [-0.1, -0.05) is 12.1 Å². The molecule has 0 unspecified atom stereocenters. The van der Waals surface area contributed by atoms with Gasteiger partial charge in [0.15, 0.2) is 0 Å². The molecule has 19 heavy (non-hydrogen) atoms. The number of carbonyl (C=O) groups is 1. The summed E-state index contributed by atoms with van der Waals surface area (Å²) in [6.45, 7) is 2.80. The van der Waals surface area contributed by atoms with Crippen LogP contribution in [0.3, 0.4) is 0 Å². The third-order valence-electron chi connectivity index (χ3n) is 2.50. The molecule has 0 radical (unpaired) electrons. The second-order valence-electron chi connectivity index (χ2n) is 3.89. The average Bonchev–Trinajstić information content (AvgIpc) is 2.42. The van der Waals surface area contributed by atoms with E-state index in [9.17, 15) is 4.79 Å². The summed E-state index contributed by atoms with van der Waals surface area (Å²) in [6.07, 6.45) is 1.62. The van der Waals surface area contributed by atoms with Crippen molar-refractivity contribution in [3.05, 3.63) is 52.8 Å². The van der Waals surface area contributed by atoms with E-state index < -0.39 is 0 Å². The van der Waals surface area contributed by atoms with E-state index in [1.807, 2.05) is 37.3 Å². The Morgan fingerprint density at radius 3 is 2.84 bits per heavy atom. The quantitative estimate of drug-likeness (QED) is 0.906. The highest BCUT2D eigenvalue weighted by molar-refractivity contribution is 9.10. The van der Waals surface area contributed by atoms with Crippen LogP contribution in [0.2, 0.25) is 0 Å². The fourth-order valence-corrected chi connectivity index (χ4v) is 2.00. The molecule has 98 valence electrons. The lowest BCUT2D eigenvalue weighted by atomic mass is 10.2. The highest BCUT2D eigenvalue weighted by Gasteiger charge is 2.09. The highest BCUT2D eigenvalue weighted by Crippen LogP contribution is 2.21. The van der Waals surface area contributed by atoms with Gasteiger partial charge in [0.2, 0.25) is 0 Å². The number of para-hydroxylation sites is 1. The predicted molar refractivity (Wildman–Crippen MR) is 80.5 cm³/mol. The number of amides is 1. The molecule has 0 saturated carbocycles. The van der Waals surface area contributed by atoms with E-state index in [1.54, 1.807) is 12.3 Å². The van der Waals surface area contributed by atoms with Gasteiger partial charge in [-0.25, -0.2) is 0 Å². The molecule has 1 aromatic heterocycles. The first-order valence-electron chi connectivity index (χ1n) is 5.96. The van der Waals surface area contributed by atoms with E-state index in [4.69, 9.17) is 0 Å². The monoisotopic (exact) mass is 319 g/mol. The van der Waals surface area contributed by atoms with E-state index >= 15 is 0 Å². The third kappa shape index (κ3) is 3.54. The number of hydrogen-bond donors (Lipinski definition) is 2. The average molecular weight is 320 g/mol. The Morgan fingerprint density at radius 1 is 1.32 bits per heavy atom. The molecule has 2 N–H and O–H groups in total. The minimum Gasteiger partial charge on any atom is -0.385 e. The molecule has 0 bridgehead atoms. The summed E-state index contributed by atoms with van der Waals surface area (Å²) in [7, 11) is 0. The van der Waals surface area contributed by atoms with E-state index in [1.165, 1.54) is 0 Å². The van der Waals surface area contributed by atoms with Gasteiger partial charge in [-0.05, 0) is 47.1 Å². The van der Waals surface area contributed by atoms with Gasteiger partial charge in [0, 0.05) is 22.9 Å². The van der Waals surface area contributed by atoms with Crippen LogP contribution in [0.15, 0.2) is 47.1 Å². The van der Waals surface area contributed by atoms with Crippen molar-refractivity contribution in [2.45, 2.75) is 6.92 Å². The zero-order chi connectivity index (χ0) is 13.7. The van der Waals surface area contributed by atoms with Crippen molar-refractivity contribution in [3.63, 3.8) is 0 Å².